The number of carbonyl (C=O) groups excluding carboxylic acids is 2. The molecule has 0 radical (unpaired) electrons. The van der Waals surface area contributed by atoms with Gasteiger partial charge in [-0.1, -0.05) is 0 Å². The number of hydrogen-bond donors (Lipinski definition) is 4. The summed E-state index contributed by atoms with van der Waals surface area (Å²) in [7, 11) is 1.51. The number of nitrogens with one attached hydrogen (secondary N) is 3. The molecule has 0 aromatic rings. The van der Waals surface area contributed by atoms with Crippen LogP contribution in [0.4, 0.5) is 4.79 Å². The summed E-state index contributed by atoms with van der Waals surface area (Å²) in [5, 5.41) is 16.6. The van der Waals surface area contributed by atoms with E-state index in [2.05, 4.69) is 16.0 Å². The lowest BCUT2D eigenvalue weighted by Gasteiger charge is -2.25. The molecule has 1 aliphatic rings. The first-order valence-corrected chi connectivity index (χ1v) is 5.96. The second-order valence-electron chi connectivity index (χ2n) is 4.61. The van der Waals surface area contributed by atoms with E-state index in [0.717, 1.165) is 0 Å². The van der Waals surface area contributed by atoms with Gasteiger partial charge in [-0.2, -0.15) is 0 Å². The van der Waals surface area contributed by atoms with Crippen LogP contribution >= 0.6 is 0 Å². The van der Waals surface area contributed by atoms with Gasteiger partial charge in [0.25, 0.3) is 0 Å². The van der Waals surface area contributed by atoms with Gasteiger partial charge in [-0.3, -0.25) is 9.59 Å². The lowest BCUT2D eigenvalue weighted by atomic mass is 9.85. The molecule has 2 unspecified atom stereocenters. The fourth-order valence-corrected chi connectivity index (χ4v) is 1.71. The molecule has 108 valence electrons. The molecule has 2 atom stereocenters. The number of carbonyl (C=O) groups is 3. The van der Waals surface area contributed by atoms with E-state index in [-0.39, 0.29) is 32.1 Å². The van der Waals surface area contributed by atoms with Crippen LogP contribution in [0.1, 0.15) is 13.3 Å². The lowest BCUT2D eigenvalue weighted by Crippen LogP contribution is -2.52. The molecule has 1 heterocycles. The Hall–Kier alpha value is -1.83. The van der Waals surface area contributed by atoms with Gasteiger partial charge in [0.15, 0.2) is 0 Å². The second-order valence-corrected chi connectivity index (χ2v) is 4.61. The van der Waals surface area contributed by atoms with E-state index in [1.54, 1.807) is 0 Å². The minimum atomic E-state index is -1.13. The Kier molecular flexibility index (Phi) is 5.11. The molecule has 0 saturated carbocycles. The quantitative estimate of drug-likeness (QED) is 0.508. The first-order chi connectivity index (χ1) is 8.90. The molecule has 3 amide bonds. The molecule has 4 N–H and O–H groups in total. The van der Waals surface area contributed by atoms with Crippen LogP contribution in [0, 0.1) is 5.41 Å². The summed E-state index contributed by atoms with van der Waals surface area (Å²) >= 11 is 0. The van der Waals surface area contributed by atoms with Crippen molar-refractivity contribution in [1.29, 1.82) is 0 Å². The van der Waals surface area contributed by atoms with Crippen LogP contribution in [0.3, 0.4) is 0 Å². The van der Waals surface area contributed by atoms with Crippen LogP contribution in [0.25, 0.3) is 0 Å². The van der Waals surface area contributed by atoms with E-state index >= 15 is 0 Å². The lowest BCUT2D eigenvalue weighted by molar-refractivity contribution is -0.148. The highest BCUT2D eigenvalue weighted by Gasteiger charge is 2.47. The largest absolute Gasteiger partial charge is 0.481 e. The number of urea groups is 1. The molecular formula is C11H19N3O5. The Labute approximate surface area is 110 Å². The molecule has 1 rings (SSSR count). The molecule has 1 aliphatic heterocycles. The predicted octanol–water partition coefficient (Wildman–Crippen LogP) is -1.09. The van der Waals surface area contributed by atoms with Crippen molar-refractivity contribution < 1.29 is 24.2 Å². The molecule has 19 heavy (non-hydrogen) atoms. The monoisotopic (exact) mass is 273 g/mol. The number of carboxylic acids is 1. The zero-order valence-electron chi connectivity index (χ0n) is 11.0. The van der Waals surface area contributed by atoms with E-state index in [0.29, 0.717) is 0 Å². The maximum Gasteiger partial charge on any atom is 0.315 e. The normalized spacial score (nSPS) is 25.7. The highest BCUT2D eigenvalue weighted by molar-refractivity contribution is 5.80. The van der Waals surface area contributed by atoms with E-state index in [1.165, 1.54) is 14.0 Å². The van der Waals surface area contributed by atoms with E-state index < -0.39 is 23.5 Å². The van der Waals surface area contributed by atoms with Gasteiger partial charge in [0.05, 0.1) is 19.3 Å². The number of amides is 3. The number of rotatable bonds is 5. The number of aliphatic carboxylic acids is 1. The minimum Gasteiger partial charge on any atom is -0.481 e. The molecule has 0 aliphatic carbocycles. The van der Waals surface area contributed by atoms with Gasteiger partial charge in [-0.25, -0.2) is 4.79 Å². The fourth-order valence-electron chi connectivity index (χ4n) is 1.71. The van der Waals surface area contributed by atoms with Gasteiger partial charge in [0.1, 0.15) is 5.41 Å². The highest BCUT2D eigenvalue weighted by atomic mass is 16.5. The van der Waals surface area contributed by atoms with E-state index in [9.17, 15) is 14.4 Å². The first kappa shape index (κ1) is 15.2. The summed E-state index contributed by atoms with van der Waals surface area (Å²) < 4.78 is 5.11. The molecular weight excluding hydrogens is 254 g/mol. The van der Waals surface area contributed by atoms with Gasteiger partial charge in [-0.15, -0.1) is 0 Å². The smallest absolute Gasteiger partial charge is 0.315 e. The molecule has 0 aromatic carbocycles. The van der Waals surface area contributed by atoms with Crippen molar-refractivity contribution in [3.8, 4) is 0 Å². The Morgan fingerprint density at radius 1 is 1.42 bits per heavy atom. The molecule has 8 heteroatoms. The Morgan fingerprint density at radius 2 is 2.11 bits per heavy atom. The molecule has 0 aromatic heterocycles. The molecule has 0 bridgehead atoms. The maximum atomic E-state index is 11.6. The van der Waals surface area contributed by atoms with E-state index in [4.69, 9.17) is 9.84 Å². The Bertz CT molecular complexity index is 373. The zero-order chi connectivity index (χ0) is 14.5. The van der Waals surface area contributed by atoms with Crippen molar-refractivity contribution in [3.05, 3.63) is 0 Å². The van der Waals surface area contributed by atoms with Gasteiger partial charge >= 0.3 is 12.0 Å². The standard InChI is InChI=1S/C11H19N3O5/c1-11(9(16)17)6-19-5-7(11)14-10(18)13-4-3-8(15)12-2/h7H,3-6H2,1-2H3,(H,12,15)(H,16,17)(H2,13,14,18). The van der Waals surface area contributed by atoms with Crippen molar-refractivity contribution in [1.82, 2.24) is 16.0 Å². The van der Waals surface area contributed by atoms with Crippen molar-refractivity contribution >= 4 is 17.9 Å². The number of ether oxygens (including phenoxy) is 1. The Balaban J connectivity index is 2.40. The number of hydrogen-bond acceptors (Lipinski definition) is 4. The van der Waals surface area contributed by atoms with Gasteiger partial charge in [-0.05, 0) is 6.92 Å². The van der Waals surface area contributed by atoms with Crippen LogP contribution in [0.5, 0.6) is 0 Å². The first-order valence-electron chi connectivity index (χ1n) is 5.96. The van der Waals surface area contributed by atoms with Crippen LogP contribution in [0.15, 0.2) is 0 Å². The summed E-state index contributed by atoms with van der Waals surface area (Å²) in [4.78, 5) is 33.7. The SMILES string of the molecule is CNC(=O)CCNC(=O)NC1COCC1(C)C(=O)O. The molecule has 8 nitrogen and oxygen atoms in total. The van der Waals surface area contributed by atoms with Gasteiger partial charge in [0.2, 0.25) is 5.91 Å². The number of carboxylic acid groups (broad SMARTS) is 1. The van der Waals surface area contributed by atoms with Crippen molar-refractivity contribution in [2.45, 2.75) is 19.4 Å². The van der Waals surface area contributed by atoms with Crippen LogP contribution in [-0.4, -0.2) is 55.9 Å². The molecule has 0 spiro atoms. The summed E-state index contributed by atoms with van der Waals surface area (Å²) in [6.07, 6.45) is 0.168. The van der Waals surface area contributed by atoms with Crippen molar-refractivity contribution in [2.24, 2.45) is 5.41 Å². The summed E-state index contributed by atoms with van der Waals surface area (Å²) in [6, 6.07) is -1.10. The molecule has 1 fully saturated rings. The topological polar surface area (TPSA) is 117 Å². The average Bonchev–Trinajstić information content (AvgIpc) is 2.72. The van der Waals surface area contributed by atoms with Crippen LogP contribution in [0.2, 0.25) is 0 Å². The third kappa shape index (κ3) is 3.82. The third-order valence-corrected chi connectivity index (χ3v) is 3.17. The van der Waals surface area contributed by atoms with Gasteiger partial charge < -0.3 is 25.8 Å². The fraction of sp³-hybridized carbons (Fsp3) is 0.727. The van der Waals surface area contributed by atoms with Crippen LogP contribution in [-0.2, 0) is 14.3 Å². The van der Waals surface area contributed by atoms with Crippen LogP contribution < -0.4 is 16.0 Å². The zero-order valence-corrected chi connectivity index (χ0v) is 11.0. The molecule has 1 saturated heterocycles. The third-order valence-electron chi connectivity index (χ3n) is 3.17. The Morgan fingerprint density at radius 3 is 2.68 bits per heavy atom. The van der Waals surface area contributed by atoms with Crippen molar-refractivity contribution in [2.75, 3.05) is 26.8 Å². The second kappa shape index (κ2) is 6.37. The van der Waals surface area contributed by atoms with Gasteiger partial charge in [0, 0.05) is 20.0 Å². The summed E-state index contributed by atoms with van der Waals surface area (Å²) in [5.41, 5.74) is -1.13. The van der Waals surface area contributed by atoms with E-state index in [1.807, 2.05) is 0 Å². The predicted molar refractivity (Wildman–Crippen MR) is 65.6 cm³/mol. The maximum absolute atomic E-state index is 11.6. The average molecular weight is 273 g/mol. The summed E-state index contributed by atoms with van der Waals surface area (Å²) in [5.74, 6) is -1.19. The minimum absolute atomic E-state index is 0.0610. The van der Waals surface area contributed by atoms with Crippen molar-refractivity contribution in [3.63, 3.8) is 0 Å². The summed E-state index contributed by atoms with van der Waals surface area (Å²) in [6.45, 7) is 1.93. The highest BCUT2D eigenvalue weighted by Crippen LogP contribution is 2.28.